The number of aromatic carboxylic acids is 1. The smallest absolute Gasteiger partial charge is 0.355 e. The summed E-state index contributed by atoms with van der Waals surface area (Å²) in [5, 5.41) is 13.7. The first-order valence-corrected chi connectivity index (χ1v) is 7.79. The van der Waals surface area contributed by atoms with Crippen molar-refractivity contribution in [3.05, 3.63) is 43.5 Å². The van der Waals surface area contributed by atoms with E-state index in [9.17, 15) is 9.59 Å². The minimum Gasteiger partial charge on any atom is -0.476 e. The van der Waals surface area contributed by atoms with Crippen molar-refractivity contribution in [2.45, 2.75) is 6.42 Å². The minimum absolute atomic E-state index is 0.0144. The number of carbonyl (C=O) groups is 2. The van der Waals surface area contributed by atoms with Crippen molar-refractivity contribution in [3.63, 3.8) is 0 Å². The van der Waals surface area contributed by atoms with Crippen molar-refractivity contribution < 1.29 is 14.7 Å². The van der Waals surface area contributed by atoms with Gasteiger partial charge in [0.25, 0.3) is 5.91 Å². The second-order valence-corrected chi connectivity index (χ2v) is 6.15. The van der Waals surface area contributed by atoms with Gasteiger partial charge in [-0.1, -0.05) is 11.6 Å². The zero-order chi connectivity index (χ0) is 15.4. The molecule has 6 nitrogen and oxygen atoms in total. The summed E-state index contributed by atoms with van der Waals surface area (Å²) in [6.07, 6.45) is 1.95. The van der Waals surface area contributed by atoms with Crippen LogP contribution in [0.25, 0.3) is 0 Å². The maximum absolute atomic E-state index is 12.0. The fourth-order valence-corrected chi connectivity index (χ4v) is 2.78. The van der Waals surface area contributed by atoms with Crippen LogP contribution in [0, 0.1) is 0 Å². The molecule has 0 fully saturated rings. The van der Waals surface area contributed by atoms with Crippen LogP contribution in [0.4, 0.5) is 0 Å². The Bertz CT molecular complexity index is 692. The van der Waals surface area contributed by atoms with Crippen molar-refractivity contribution in [2.24, 2.45) is 0 Å². The molecule has 0 saturated carbocycles. The molecule has 0 bridgehead atoms. The van der Waals surface area contributed by atoms with Gasteiger partial charge < -0.3 is 10.4 Å². The van der Waals surface area contributed by atoms with Crippen molar-refractivity contribution in [3.8, 4) is 0 Å². The predicted octanol–water partition coefficient (Wildman–Crippen LogP) is 2.62. The lowest BCUT2D eigenvalue weighted by Gasteiger charge is -2.05. The van der Waals surface area contributed by atoms with Crippen LogP contribution in [0.15, 0.2) is 22.1 Å². The third kappa shape index (κ3) is 4.23. The molecule has 0 aliphatic rings. The van der Waals surface area contributed by atoms with E-state index in [1.807, 2.05) is 0 Å². The quantitative estimate of drug-likeness (QED) is 0.766. The number of halogens is 2. The number of nitrogens with one attached hydrogen (secondary N) is 1. The first-order valence-electron chi connectivity index (χ1n) is 5.74. The van der Waals surface area contributed by atoms with Crippen LogP contribution in [0.3, 0.4) is 0 Å². The molecule has 0 spiro atoms. The minimum atomic E-state index is -1.06. The molecule has 0 aromatic carbocycles. The van der Waals surface area contributed by atoms with Crippen molar-refractivity contribution >= 4 is 50.7 Å². The molecular weight excluding hydrogens is 382 g/mol. The Kier molecular flexibility index (Phi) is 5.27. The summed E-state index contributed by atoms with van der Waals surface area (Å²) in [7, 11) is 0. The van der Waals surface area contributed by atoms with E-state index in [2.05, 4.69) is 31.2 Å². The summed E-state index contributed by atoms with van der Waals surface area (Å²) in [5.41, 5.74) is 0.289. The molecule has 0 unspecified atom stereocenters. The van der Waals surface area contributed by atoms with Crippen LogP contribution < -0.4 is 5.32 Å². The lowest BCUT2D eigenvalue weighted by atomic mass is 10.2. The Hall–Kier alpha value is -1.51. The zero-order valence-corrected chi connectivity index (χ0v) is 13.6. The molecule has 0 aliphatic heterocycles. The fraction of sp³-hybridized carbons (Fsp3) is 0.167. The lowest BCUT2D eigenvalue weighted by Crippen LogP contribution is -2.26. The number of carboxylic acids is 1. The molecule has 2 rings (SSSR count). The maximum Gasteiger partial charge on any atom is 0.355 e. The van der Waals surface area contributed by atoms with E-state index in [-0.39, 0.29) is 22.3 Å². The van der Waals surface area contributed by atoms with Gasteiger partial charge in [0, 0.05) is 29.0 Å². The van der Waals surface area contributed by atoms with Gasteiger partial charge in [-0.05, 0) is 22.0 Å². The van der Waals surface area contributed by atoms with Crippen LogP contribution in [-0.2, 0) is 6.42 Å². The first-order chi connectivity index (χ1) is 9.97. The number of thiazole rings is 1. The number of carboxylic acid groups (broad SMARTS) is 1. The second kappa shape index (κ2) is 6.97. The standard InChI is InChI=1S/C12H9BrClN3O3S/c13-6-3-7(10(14)16-4-6)11(18)15-2-1-9-17-8(5-21-9)12(19)20/h3-5H,1-2H2,(H,15,18)(H,19,20). The lowest BCUT2D eigenvalue weighted by molar-refractivity contribution is 0.0690. The molecule has 1 amide bonds. The summed E-state index contributed by atoms with van der Waals surface area (Å²) in [6.45, 7) is 0.328. The average Bonchev–Trinajstić information content (AvgIpc) is 2.90. The number of pyridine rings is 1. The van der Waals surface area contributed by atoms with Gasteiger partial charge in [-0.25, -0.2) is 14.8 Å². The molecule has 110 valence electrons. The zero-order valence-electron chi connectivity index (χ0n) is 10.5. The Morgan fingerprint density at radius 1 is 1.48 bits per heavy atom. The van der Waals surface area contributed by atoms with Crippen molar-refractivity contribution in [1.82, 2.24) is 15.3 Å². The van der Waals surface area contributed by atoms with Gasteiger partial charge >= 0.3 is 5.97 Å². The van der Waals surface area contributed by atoms with Crippen LogP contribution in [0.1, 0.15) is 25.9 Å². The number of rotatable bonds is 5. The highest BCUT2D eigenvalue weighted by atomic mass is 79.9. The van der Waals surface area contributed by atoms with Crippen LogP contribution in [0.2, 0.25) is 5.15 Å². The monoisotopic (exact) mass is 389 g/mol. The topological polar surface area (TPSA) is 92.2 Å². The normalized spacial score (nSPS) is 10.4. The molecule has 2 heterocycles. The van der Waals surface area contributed by atoms with Crippen LogP contribution >= 0.6 is 38.9 Å². The summed E-state index contributed by atoms with van der Waals surface area (Å²) >= 11 is 10.3. The Balaban J connectivity index is 1.92. The molecule has 0 atom stereocenters. The molecule has 21 heavy (non-hydrogen) atoms. The van der Waals surface area contributed by atoms with E-state index < -0.39 is 5.97 Å². The van der Waals surface area contributed by atoms with Gasteiger partial charge in [-0.15, -0.1) is 11.3 Å². The Morgan fingerprint density at radius 3 is 2.90 bits per heavy atom. The van der Waals surface area contributed by atoms with Gasteiger partial charge in [-0.3, -0.25) is 4.79 Å². The van der Waals surface area contributed by atoms with E-state index in [1.165, 1.54) is 22.9 Å². The van der Waals surface area contributed by atoms with Gasteiger partial charge in [0.05, 0.1) is 10.6 Å². The SMILES string of the molecule is O=C(O)c1csc(CCNC(=O)c2cc(Br)cnc2Cl)n1. The number of nitrogens with zero attached hydrogens (tertiary/aromatic N) is 2. The third-order valence-electron chi connectivity index (χ3n) is 2.45. The van der Waals surface area contributed by atoms with E-state index in [1.54, 1.807) is 6.07 Å². The van der Waals surface area contributed by atoms with Crippen LogP contribution in [0.5, 0.6) is 0 Å². The molecule has 2 aromatic heterocycles. The predicted molar refractivity (Wildman–Crippen MR) is 82.1 cm³/mol. The number of hydrogen-bond donors (Lipinski definition) is 2. The highest BCUT2D eigenvalue weighted by molar-refractivity contribution is 9.10. The van der Waals surface area contributed by atoms with Crippen molar-refractivity contribution in [2.75, 3.05) is 6.54 Å². The summed E-state index contributed by atoms with van der Waals surface area (Å²) < 4.78 is 0.656. The third-order valence-corrected chi connectivity index (χ3v) is 4.09. The van der Waals surface area contributed by atoms with E-state index in [4.69, 9.17) is 16.7 Å². The van der Waals surface area contributed by atoms with E-state index >= 15 is 0 Å². The van der Waals surface area contributed by atoms with Crippen molar-refractivity contribution in [1.29, 1.82) is 0 Å². The molecule has 0 aliphatic carbocycles. The molecule has 2 N–H and O–H groups in total. The highest BCUT2D eigenvalue weighted by Crippen LogP contribution is 2.18. The number of amides is 1. The van der Waals surface area contributed by atoms with E-state index in [0.29, 0.717) is 22.4 Å². The maximum atomic E-state index is 12.0. The Morgan fingerprint density at radius 2 is 2.24 bits per heavy atom. The fourth-order valence-electron chi connectivity index (χ4n) is 1.48. The van der Waals surface area contributed by atoms with E-state index in [0.717, 1.165) is 0 Å². The molecule has 0 radical (unpaired) electrons. The molecule has 0 saturated heterocycles. The summed E-state index contributed by atoms with van der Waals surface area (Å²) in [6, 6.07) is 1.58. The summed E-state index contributed by atoms with van der Waals surface area (Å²) in [4.78, 5) is 30.5. The number of aromatic nitrogens is 2. The Labute approximate surface area is 137 Å². The summed E-state index contributed by atoms with van der Waals surface area (Å²) in [5.74, 6) is -1.41. The first kappa shape index (κ1) is 15.9. The van der Waals surface area contributed by atoms with Gasteiger partial charge in [0.2, 0.25) is 0 Å². The second-order valence-electron chi connectivity index (χ2n) is 3.93. The number of carbonyl (C=O) groups excluding carboxylic acids is 1. The molecular formula is C12H9BrClN3O3S. The molecule has 9 heteroatoms. The van der Waals surface area contributed by atoms with Gasteiger partial charge in [0.1, 0.15) is 5.15 Å². The average molecular weight is 391 g/mol. The van der Waals surface area contributed by atoms with Gasteiger partial charge in [0.15, 0.2) is 5.69 Å². The van der Waals surface area contributed by atoms with Crippen LogP contribution in [-0.4, -0.2) is 33.5 Å². The largest absolute Gasteiger partial charge is 0.476 e. The molecule has 2 aromatic rings. The van der Waals surface area contributed by atoms with Gasteiger partial charge in [-0.2, -0.15) is 0 Å². The number of hydrogen-bond acceptors (Lipinski definition) is 5. The highest BCUT2D eigenvalue weighted by Gasteiger charge is 2.12.